The molecule has 0 spiro atoms. The summed E-state index contributed by atoms with van der Waals surface area (Å²) in [4.78, 5) is 0. The predicted molar refractivity (Wildman–Crippen MR) is 70.4 cm³/mol. The number of sulfonamides is 1. The lowest BCUT2D eigenvalue weighted by Crippen LogP contribution is -2.47. The van der Waals surface area contributed by atoms with Gasteiger partial charge in [0.1, 0.15) is 0 Å². The van der Waals surface area contributed by atoms with Crippen molar-refractivity contribution >= 4 is 21.8 Å². The molecule has 6 heteroatoms. The lowest BCUT2D eigenvalue weighted by atomic mass is 10.2. The van der Waals surface area contributed by atoms with Crippen molar-refractivity contribution in [3.05, 3.63) is 0 Å². The van der Waals surface area contributed by atoms with Gasteiger partial charge in [-0.15, -0.1) is 0 Å². The van der Waals surface area contributed by atoms with E-state index in [1.807, 2.05) is 20.1 Å². The molecule has 1 fully saturated rings. The molecule has 0 bridgehead atoms. The maximum absolute atomic E-state index is 12.0. The van der Waals surface area contributed by atoms with Crippen LogP contribution in [0.15, 0.2) is 0 Å². The standard InChI is InChI=1S/C10H22N2O2S2/c1-10(2,15-3)8-12-16(13,14)9-5-4-6-11-7-9/h9,11-12H,4-8H2,1-3H3. The fraction of sp³-hybridized carbons (Fsp3) is 1.00. The summed E-state index contributed by atoms with van der Waals surface area (Å²) in [7, 11) is -3.15. The van der Waals surface area contributed by atoms with Crippen LogP contribution in [0.5, 0.6) is 0 Å². The highest BCUT2D eigenvalue weighted by Crippen LogP contribution is 2.20. The molecule has 1 aliphatic rings. The van der Waals surface area contributed by atoms with E-state index in [-0.39, 0.29) is 10.00 Å². The minimum atomic E-state index is -3.15. The van der Waals surface area contributed by atoms with Gasteiger partial charge in [-0.1, -0.05) is 0 Å². The number of hydrogen-bond donors (Lipinski definition) is 2. The third-order valence-corrected chi connectivity index (χ3v) is 6.02. The Bertz CT molecular complexity index is 309. The van der Waals surface area contributed by atoms with Crippen LogP contribution in [0, 0.1) is 0 Å². The molecule has 1 atom stereocenters. The van der Waals surface area contributed by atoms with Crippen molar-refractivity contribution in [2.24, 2.45) is 0 Å². The first-order valence-electron chi connectivity index (χ1n) is 5.62. The Labute approximate surface area is 103 Å². The summed E-state index contributed by atoms with van der Waals surface area (Å²) in [5, 5.41) is 2.86. The van der Waals surface area contributed by atoms with Crippen LogP contribution in [0.4, 0.5) is 0 Å². The zero-order chi connectivity index (χ0) is 12.2. The highest BCUT2D eigenvalue weighted by molar-refractivity contribution is 8.00. The van der Waals surface area contributed by atoms with Crippen LogP contribution in [0.25, 0.3) is 0 Å². The van der Waals surface area contributed by atoms with E-state index >= 15 is 0 Å². The maximum atomic E-state index is 12.0. The summed E-state index contributed by atoms with van der Waals surface area (Å²) in [5.74, 6) is 0. The molecule has 1 aliphatic heterocycles. The molecular formula is C10H22N2O2S2. The molecule has 0 aromatic carbocycles. The van der Waals surface area contributed by atoms with E-state index in [0.717, 1.165) is 19.4 Å². The van der Waals surface area contributed by atoms with Gasteiger partial charge < -0.3 is 5.32 Å². The van der Waals surface area contributed by atoms with Crippen LogP contribution in [-0.4, -0.2) is 44.3 Å². The highest BCUT2D eigenvalue weighted by atomic mass is 32.2. The van der Waals surface area contributed by atoms with E-state index in [4.69, 9.17) is 0 Å². The van der Waals surface area contributed by atoms with Gasteiger partial charge in [-0.3, -0.25) is 0 Å². The van der Waals surface area contributed by atoms with Gasteiger partial charge in [0.2, 0.25) is 10.0 Å². The van der Waals surface area contributed by atoms with Crippen LogP contribution < -0.4 is 10.0 Å². The molecule has 2 N–H and O–H groups in total. The average Bonchev–Trinajstić information content (AvgIpc) is 2.28. The maximum Gasteiger partial charge on any atom is 0.215 e. The summed E-state index contributed by atoms with van der Waals surface area (Å²) in [6.07, 6.45) is 3.70. The first kappa shape index (κ1) is 14.3. The van der Waals surface area contributed by atoms with Crippen LogP contribution in [0.3, 0.4) is 0 Å². The highest BCUT2D eigenvalue weighted by Gasteiger charge is 2.28. The quantitative estimate of drug-likeness (QED) is 0.773. The molecule has 0 aliphatic carbocycles. The van der Waals surface area contributed by atoms with Gasteiger partial charge in [0.25, 0.3) is 0 Å². The SMILES string of the molecule is CSC(C)(C)CNS(=O)(=O)C1CCCNC1. The second-order valence-electron chi connectivity index (χ2n) is 4.80. The molecule has 1 rings (SSSR count). The molecule has 1 unspecified atom stereocenters. The van der Waals surface area contributed by atoms with E-state index in [9.17, 15) is 8.42 Å². The van der Waals surface area contributed by atoms with Crippen molar-refractivity contribution in [2.45, 2.75) is 36.7 Å². The first-order chi connectivity index (χ1) is 7.37. The monoisotopic (exact) mass is 266 g/mol. The largest absolute Gasteiger partial charge is 0.315 e. The number of hydrogen-bond acceptors (Lipinski definition) is 4. The summed E-state index contributed by atoms with van der Waals surface area (Å²) >= 11 is 1.67. The Hall–Kier alpha value is 0.220. The smallest absolute Gasteiger partial charge is 0.215 e. The van der Waals surface area contributed by atoms with Gasteiger partial charge in [-0.25, -0.2) is 13.1 Å². The normalized spacial score (nSPS) is 23.3. The Morgan fingerprint density at radius 1 is 1.50 bits per heavy atom. The fourth-order valence-corrected chi connectivity index (χ4v) is 3.47. The van der Waals surface area contributed by atoms with E-state index in [0.29, 0.717) is 13.1 Å². The van der Waals surface area contributed by atoms with Gasteiger partial charge in [0.05, 0.1) is 5.25 Å². The third-order valence-electron chi connectivity index (χ3n) is 2.94. The van der Waals surface area contributed by atoms with Gasteiger partial charge >= 0.3 is 0 Å². The summed E-state index contributed by atoms with van der Waals surface area (Å²) in [6, 6.07) is 0. The molecule has 1 saturated heterocycles. The Morgan fingerprint density at radius 2 is 2.19 bits per heavy atom. The molecule has 0 aromatic heterocycles. The van der Waals surface area contributed by atoms with Crippen molar-refractivity contribution < 1.29 is 8.42 Å². The first-order valence-corrected chi connectivity index (χ1v) is 8.39. The van der Waals surface area contributed by atoms with Gasteiger partial charge in [-0.05, 0) is 39.5 Å². The molecule has 1 heterocycles. The van der Waals surface area contributed by atoms with Crippen molar-refractivity contribution in [2.75, 3.05) is 25.9 Å². The Kier molecular flexibility index (Phi) is 5.10. The van der Waals surface area contributed by atoms with Crippen LogP contribution >= 0.6 is 11.8 Å². The zero-order valence-electron chi connectivity index (χ0n) is 10.2. The lowest BCUT2D eigenvalue weighted by molar-refractivity contribution is 0.487. The second-order valence-corrected chi connectivity index (χ2v) is 8.36. The van der Waals surface area contributed by atoms with Crippen molar-refractivity contribution in [3.63, 3.8) is 0 Å². The van der Waals surface area contributed by atoms with Crippen molar-refractivity contribution in [1.29, 1.82) is 0 Å². The number of thioether (sulfide) groups is 1. The van der Waals surface area contributed by atoms with Crippen LogP contribution in [0.1, 0.15) is 26.7 Å². The number of rotatable bonds is 5. The summed E-state index contributed by atoms with van der Waals surface area (Å²) < 4.78 is 26.7. The number of nitrogens with one attached hydrogen (secondary N) is 2. The lowest BCUT2D eigenvalue weighted by Gasteiger charge is -2.26. The molecule has 0 aromatic rings. The van der Waals surface area contributed by atoms with Crippen molar-refractivity contribution in [3.8, 4) is 0 Å². The minimum Gasteiger partial charge on any atom is -0.315 e. The Morgan fingerprint density at radius 3 is 2.69 bits per heavy atom. The average molecular weight is 266 g/mol. The zero-order valence-corrected chi connectivity index (χ0v) is 11.9. The van der Waals surface area contributed by atoms with E-state index < -0.39 is 10.0 Å². The predicted octanol–water partition coefficient (Wildman–Crippen LogP) is 0.799. The molecular weight excluding hydrogens is 244 g/mol. The van der Waals surface area contributed by atoms with Crippen LogP contribution in [0.2, 0.25) is 0 Å². The molecule has 0 amide bonds. The fourth-order valence-electron chi connectivity index (χ4n) is 1.55. The summed E-state index contributed by atoms with van der Waals surface area (Å²) in [5.41, 5.74) is 0. The van der Waals surface area contributed by atoms with Gasteiger partial charge in [0.15, 0.2) is 0 Å². The Balaban J connectivity index is 2.51. The van der Waals surface area contributed by atoms with Crippen molar-refractivity contribution in [1.82, 2.24) is 10.0 Å². The summed E-state index contributed by atoms with van der Waals surface area (Å²) in [6.45, 7) is 6.09. The van der Waals surface area contributed by atoms with Crippen LogP contribution in [-0.2, 0) is 10.0 Å². The number of piperidine rings is 1. The van der Waals surface area contributed by atoms with E-state index in [2.05, 4.69) is 10.0 Å². The minimum absolute atomic E-state index is 0.0465. The van der Waals surface area contributed by atoms with Gasteiger partial charge in [0, 0.05) is 17.8 Å². The molecule has 96 valence electrons. The third kappa shape index (κ3) is 4.24. The second kappa shape index (κ2) is 5.71. The van der Waals surface area contributed by atoms with E-state index in [1.54, 1.807) is 11.8 Å². The topological polar surface area (TPSA) is 58.2 Å². The van der Waals surface area contributed by atoms with E-state index in [1.165, 1.54) is 0 Å². The molecule has 0 saturated carbocycles. The molecule has 4 nitrogen and oxygen atoms in total. The van der Waals surface area contributed by atoms with Gasteiger partial charge in [-0.2, -0.15) is 11.8 Å². The molecule has 0 radical (unpaired) electrons. The molecule has 16 heavy (non-hydrogen) atoms.